The third-order valence-corrected chi connectivity index (χ3v) is 5.81. The number of aryl methyl sites for hydroxylation is 1. The minimum Gasteiger partial charge on any atom is -0.494 e. The van der Waals surface area contributed by atoms with Crippen LogP contribution in [0.5, 0.6) is 5.75 Å². The van der Waals surface area contributed by atoms with Crippen molar-refractivity contribution in [1.29, 1.82) is 0 Å². The van der Waals surface area contributed by atoms with E-state index in [1.54, 1.807) is 4.68 Å². The molecule has 0 aliphatic carbocycles. The maximum absolute atomic E-state index is 13.4. The summed E-state index contributed by atoms with van der Waals surface area (Å²) in [5, 5.41) is 10.6. The highest BCUT2D eigenvalue weighted by molar-refractivity contribution is 6.06. The predicted octanol–water partition coefficient (Wildman–Crippen LogP) is 5.47. The van der Waals surface area contributed by atoms with Gasteiger partial charge in [-0.2, -0.15) is 10.1 Å². The Labute approximate surface area is 194 Å². The average molecular weight is 446 g/mol. The lowest BCUT2D eigenvalue weighted by atomic mass is 9.95. The van der Waals surface area contributed by atoms with Crippen LogP contribution in [0.1, 0.15) is 56.7 Å². The molecule has 1 aliphatic heterocycles. The number of amides is 1. The lowest BCUT2D eigenvalue weighted by molar-refractivity contribution is -0.113. The van der Waals surface area contributed by atoms with Gasteiger partial charge in [-0.05, 0) is 50.1 Å². The molecule has 0 bridgehead atoms. The molecule has 0 saturated heterocycles. The van der Waals surface area contributed by atoms with Crippen molar-refractivity contribution in [2.75, 3.05) is 17.2 Å². The Hall–Kier alpha value is -3.61. The van der Waals surface area contributed by atoms with Crippen LogP contribution < -0.4 is 15.4 Å². The molecule has 7 nitrogen and oxygen atoms in total. The Morgan fingerprint density at radius 1 is 1.06 bits per heavy atom. The van der Waals surface area contributed by atoms with Crippen LogP contribution in [0, 0.1) is 6.92 Å². The molecule has 172 valence electrons. The second-order valence-corrected chi connectivity index (χ2v) is 8.39. The molecule has 0 radical (unpaired) electrons. The minimum atomic E-state index is -0.396. The first-order valence-corrected chi connectivity index (χ1v) is 11.5. The number of aromatic nitrogens is 3. The summed E-state index contributed by atoms with van der Waals surface area (Å²) in [5.74, 6) is 1.27. The number of unbranched alkanes of at least 4 members (excludes halogenated alkanes) is 3. The van der Waals surface area contributed by atoms with Gasteiger partial charge in [0.1, 0.15) is 18.1 Å². The second kappa shape index (κ2) is 10.3. The molecule has 0 saturated carbocycles. The first kappa shape index (κ1) is 22.6. The molecule has 7 heteroatoms. The average Bonchev–Trinajstić information content (AvgIpc) is 3.28. The zero-order chi connectivity index (χ0) is 23.2. The molecule has 2 heterocycles. The van der Waals surface area contributed by atoms with Crippen LogP contribution in [0.25, 0.3) is 0 Å². The standard InChI is InChI=1S/C26H31N5O2/c1-4-5-6-7-16-33-22-14-10-20(11-15-22)24-23(19(3)29-26-27-17-28-31(24)26)25(32)30-21-12-8-18(2)9-13-21/h8-15,17,24H,4-7,16H2,1-3H3,(H,30,32)(H,27,28,29). The fourth-order valence-corrected chi connectivity index (χ4v) is 3.99. The van der Waals surface area contributed by atoms with Crippen LogP contribution in [-0.4, -0.2) is 27.3 Å². The Morgan fingerprint density at radius 3 is 2.55 bits per heavy atom. The van der Waals surface area contributed by atoms with E-state index in [0.717, 1.165) is 34.7 Å². The molecule has 1 unspecified atom stereocenters. The first-order chi connectivity index (χ1) is 16.1. The number of allylic oxidation sites excluding steroid dienone is 1. The number of carbonyl (C=O) groups is 1. The Morgan fingerprint density at radius 2 is 1.82 bits per heavy atom. The second-order valence-electron chi connectivity index (χ2n) is 8.39. The molecule has 1 aliphatic rings. The Bertz CT molecular complexity index is 1120. The summed E-state index contributed by atoms with van der Waals surface area (Å²) >= 11 is 0. The van der Waals surface area contributed by atoms with Crippen LogP contribution in [0.3, 0.4) is 0 Å². The summed E-state index contributed by atoms with van der Waals surface area (Å²) in [6.45, 7) is 6.82. The van der Waals surface area contributed by atoms with E-state index in [9.17, 15) is 4.79 Å². The molecule has 1 aromatic heterocycles. The number of anilines is 2. The topological polar surface area (TPSA) is 81.1 Å². The number of ether oxygens (including phenoxy) is 1. The SMILES string of the molecule is CCCCCCOc1ccc(C2C(C(=O)Nc3ccc(C)cc3)=C(C)Nc3ncnn32)cc1. The summed E-state index contributed by atoms with van der Waals surface area (Å²) in [6.07, 6.45) is 6.18. The minimum absolute atomic E-state index is 0.175. The van der Waals surface area contributed by atoms with Gasteiger partial charge in [0.05, 0.1) is 12.2 Å². The molecule has 2 aromatic carbocycles. The molecule has 1 amide bonds. The van der Waals surface area contributed by atoms with Crippen molar-refractivity contribution in [2.24, 2.45) is 0 Å². The van der Waals surface area contributed by atoms with Gasteiger partial charge in [0.2, 0.25) is 5.95 Å². The van der Waals surface area contributed by atoms with Crippen LogP contribution in [0.2, 0.25) is 0 Å². The largest absolute Gasteiger partial charge is 0.494 e. The van der Waals surface area contributed by atoms with Gasteiger partial charge in [-0.3, -0.25) is 4.79 Å². The monoisotopic (exact) mass is 445 g/mol. The molecular formula is C26H31N5O2. The number of nitrogens with one attached hydrogen (secondary N) is 2. The van der Waals surface area contributed by atoms with Crippen molar-refractivity contribution >= 4 is 17.5 Å². The molecule has 0 fully saturated rings. The molecule has 1 atom stereocenters. The van der Waals surface area contributed by atoms with Crippen molar-refractivity contribution in [2.45, 2.75) is 52.5 Å². The van der Waals surface area contributed by atoms with Crippen molar-refractivity contribution in [3.8, 4) is 5.75 Å². The lowest BCUT2D eigenvalue weighted by Gasteiger charge is -2.28. The number of fused-ring (bicyclic) bond motifs is 1. The van der Waals surface area contributed by atoms with Gasteiger partial charge < -0.3 is 15.4 Å². The van der Waals surface area contributed by atoms with Crippen molar-refractivity contribution in [1.82, 2.24) is 14.8 Å². The zero-order valence-electron chi connectivity index (χ0n) is 19.5. The summed E-state index contributed by atoms with van der Waals surface area (Å²) in [6, 6.07) is 15.3. The van der Waals surface area contributed by atoms with Crippen LogP contribution in [-0.2, 0) is 4.79 Å². The van der Waals surface area contributed by atoms with Crippen LogP contribution >= 0.6 is 0 Å². The van der Waals surface area contributed by atoms with Gasteiger partial charge in [0.25, 0.3) is 5.91 Å². The molecular weight excluding hydrogens is 414 g/mol. The van der Waals surface area contributed by atoms with Gasteiger partial charge in [0.15, 0.2) is 0 Å². The summed E-state index contributed by atoms with van der Waals surface area (Å²) in [4.78, 5) is 17.7. The third kappa shape index (κ3) is 5.25. The first-order valence-electron chi connectivity index (χ1n) is 11.5. The van der Waals surface area contributed by atoms with E-state index in [4.69, 9.17) is 4.74 Å². The van der Waals surface area contributed by atoms with Crippen LogP contribution in [0.4, 0.5) is 11.6 Å². The zero-order valence-corrected chi connectivity index (χ0v) is 19.5. The normalized spacial score (nSPS) is 15.1. The number of nitrogens with zero attached hydrogens (tertiary/aromatic N) is 3. The fourth-order valence-electron chi connectivity index (χ4n) is 3.99. The predicted molar refractivity (Wildman–Crippen MR) is 130 cm³/mol. The highest BCUT2D eigenvalue weighted by Gasteiger charge is 2.33. The highest BCUT2D eigenvalue weighted by atomic mass is 16.5. The van der Waals surface area contributed by atoms with E-state index in [2.05, 4.69) is 27.6 Å². The van der Waals surface area contributed by atoms with Crippen molar-refractivity contribution in [3.05, 3.63) is 77.3 Å². The Balaban J connectivity index is 1.56. The van der Waals surface area contributed by atoms with E-state index in [1.807, 2.05) is 62.4 Å². The van der Waals surface area contributed by atoms with Gasteiger partial charge in [-0.15, -0.1) is 0 Å². The van der Waals surface area contributed by atoms with E-state index in [-0.39, 0.29) is 5.91 Å². The molecule has 0 spiro atoms. The van der Waals surface area contributed by atoms with E-state index < -0.39 is 6.04 Å². The number of hydrogen-bond acceptors (Lipinski definition) is 5. The highest BCUT2D eigenvalue weighted by Crippen LogP contribution is 2.35. The van der Waals surface area contributed by atoms with Crippen molar-refractivity contribution in [3.63, 3.8) is 0 Å². The molecule has 2 N–H and O–H groups in total. The lowest BCUT2D eigenvalue weighted by Crippen LogP contribution is -2.31. The summed E-state index contributed by atoms with van der Waals surface area (Å²) in [7, 11) is 0. The quantitative estimate of drug-likeness (QED) is 0.427. The number of benzene rings is 2. The maximum atomic E-state index is 13.4. The molecule has 33 heavy (non-hydrogen) atoms. The van der Waals surface area contributed by atoms with Gasteiger partial charge >= 0.3 is 0 Å². The van der Waals surface area contributed by atoms with E-state index in [0.29, 0.717) is 18.1 Å². The van der Waals surface area contributed by atoms with Gasteiger partial charge in [-0.25, -0.2) is 4.68 Å². The van der Waals surface area contributed by atoms with Crippen LogP contribution in [0.15, 0.2) is 66.1 Å². The van der Waals surface area contributed by atoms with E-state index in [1.165, 1.54) is 25.6 Å². The van der Waals surface area contributed by atoms with E-state index >= 15 is 0 Å². The summed E-state index contributed by atoms with van der Waals surface area (Å²) in [5.41, 5.74) is 4.18. The molecule has 4 rings (SSSR count). The fraction of sp³-hybridized carbons (Fsp3) is 0.346. The molecule has 3 aromatic rings. The smallest absolute Gasteiger partial charge is 0.255 e. The number of carbonyl (C=O) groups excluding carboxylic acids is 1. The van der Waals surface area contributed by atoms with Crippen molar-refractivity contribution < 1.29 is 9.53 Å². The van der Waals surface area contributed by atoms with Gasteiger partial charge in [-0.1, -0.05) is 56.0 Å². The van der Waals surface area contributed by atoms with Gasteiger partial charge in [0, 0.05) is 11.4 Å². The Kier molecular flexibility index (Phi) is 7.07. The maximum Gasteiger partial charge on any atom is 0.255 e. The number of hydrogen-bond donors (Lipinski definition) is 2. The third-order valence-electron chi connectivity index (χ3n) is 5.81. The number of rotatable bonds is 9. The summed E-state index contributed by atoms with van der Waals surface area (Å²) < 4.78 is 7.64.